The Bertz CT molecular complexity index is 1460. The molecule has 1 aromatic carbocycles. The number of ether oxygens (including phenoxy) is 1. The van der Waals surface area contributed by atoms with E-state index in [2.05, 4.69) is 25.2 Å². The molecule has 214 valence electrons. The van der Waals surface area contributed by atoms with E-state index in [0.717, 1.165) is 21.1 Å². The Morgan fingerprint density at radius 2 is 1.90 bits per heavy atom. The number of hydrogen-bond donors (Lipinski definition) is 1. The highest BCUT2D eigenvalue weighted by Crippen LogP contribution is 2.51. The van der Waals surface area contributed by atoms with Crippen LogP contribution in [0.3, 0.4) is 0 Å². The van der Waals surface area contributed by atoms with E-state index in [9.17, 15) is 22.4 Å². The zero-order valence-corrected chi connectivity index (χ0v) is 22.8. The first-order valence-corrected chi connectivity index (χ1v) is 13.5. The number of rotatable bonds is 5. The van der Waals surface area contributed by atoms with E-state index in [1.807, 2.05) is 19.1 Å². The fourth-order valence-corrected chi connectivity index (χ4v) is 6.26. The predicted molar refractivity (Wildman–Crippen MR) is 142 cm³/mol. The van der Waals surface area contributed by atoms with Crippen LogP contribution in [-0.2, 0) is 22.8 Å². The van der Waals surface area contributed by atoms with Crippen molar-refractivity contribution < 1.29 is 27.1 Å². The molecule has 3 fully saturated rings. The molecule has 1 aliphatic carbocycles. The van der Waals surface area contributed by atoms with Gasteiger partial charge in [-0.3, -0.25) is 14.4 Å². The van der Waals surface area contributed by atoms with Crippen molar-refractivity contribution in [3.05, 3.63) is 46.9 Å². The van der Waals surface area contributed by atoms with Gasteiger partial charge in [-0.1, -0.05) is 11.6 Å². The van der Waals surface area contributed by atoms with Gasteiger partial charge in [-0.05, 0) is 42.8 Å². The first kappa shape index (κ1) is 27.2. The maximum atomic E-state index is 14.5. The molecule has 1 saturated carbocycles. The molecule has 0 spiro atoms. The van der Waals surface area contributed by atoms with Crippen LogP contribution in [0.25, 0.3) is 10.8 Å². The fraction of sp³-hybridized carbons (Fsp3) is 0.519. The summed E-state index contributed by atoms with van der Waals surface area (Å²) in [5, 5.41) is 8.68. The van der Waals surface area contributed by atoms with Gasteiger partial charge in [0.25, 0.3) is 0 Å². The number of amides is 1. The molecule has 2 aromatic heterocycles. The van der Waals surface area contributed by atoms with E-state index in [-0.39, 0.29) is 18.1 Å². The maximum Gasteiger partial charge on any atom is 0.433 e. The van der Waals surface area contributed by atoms with E-state index in [0.29, 0.717) is 50.0 Å². The highest BCUT2D eigenvalue weighted by molar-refractivity contribution is 6.34. The van der Waals surface area contributed by atoms with Crippen LogP contribution in [-0.4, -0.2) is 76.7 Å². The summed E-state index contributed by atoms with van der Waals surface area (Å²) in [5.74, 6) is -1.20. The number of aryl methyl sites for hydroxylation is 1. The van der Waals surface area contributed by atoms with Gasteiger partial charge in [0.2, 0.25) is 5.91 Å². The second kappa shape index (κ2) is 9.85. The maximum absolute atomic E-state index is 14.5. The van der Waals surface area contributed by atoms with E-state index >= 15 is 0 Å². The molecular weight excluding hydrogens is 552 g/mol. The third-order valence-electron chi connectivity index (χ3n) is 8.48. The number of aromatic nitrogens is 3. The molecule has 13 heteroatoms. The molecule has 2 aliphatic heterocycles. The van der Waals surface area contributed by atoms with Crippen molar-refractivity contribution in [2.24, 2.45) is 13.0 Å². The zero-order valence-electron chi connectivity index (χ0n) is 22.0. The lowest BCUT2D eigenvalue weighted by atomic mass is 9.96. The monoisotopic (exact) mass is 580 g/mol. The normalized spacial score (nSPS) is 27.4. The molecule has 8 nitrogen and oxygen atoms in total. The van der Waals surface area contributed by atoms with Crippen molar-refractivity contribution in [2.45, 2.75) is 37.1 Å². The SMILES string of the molecule is Cn1ncc([C@@H]2C[C@H]2C(=O)Nc2cc3cc(N4CCN([C@@]5(C)COC[C@H]5F)CC4)c(Cl)cc3cn2)c1C(F)(F)F. The molecule has 3 aliphatic rings. The Balaban J connectivity index is 1.15. The molecule has 4 heterocycles. The summed E-state index contributed by atoms with van der Waals surface area (Å²) in [6.07, 6.45) is -2.46. The van der Waals surface area contributed by atoms with Crippen LogP contribution in [0.15, 0.2) is 30.6 Å². The minimum atomic E-state index is -4.55. The standard InChI is InChI=1S/C27H29ClF4N6O2/c1-26(14-40-13-22(26)29)38-5-3-37(4-6-38)21-8-15-9-23(33-11-16(15)7-20(21)28)35-25(39)18-10-17(18)19-12-34-36(2)24(19)27(30,31)32/h7-9,11-12,17-18,22H,3-6,10,13-14H2,1-2H3,(H,33,35,39)/t17-,18-,22-,26+/m1/s1. The van der Waals surface area contributed by atoms with Gasteiger partial charge in [0.15, 0.2) is 0 Å². The first-order valence-electron chi connectivity index (χ1n) is 13.2. The Morgan fingerprint density at radius 1 is 1.15 bits per heavy atom. The second-order valence-electron chi connectivity index (χ2n) is 11.0. The van der Waals surface area contributed by atoms with Crippen LogP contribution in [0.1, 0.15) is 30.5 Å². The highest BCUT2D eigenvalue weighted by Gasteiger charge is 2.50. The van der Waals surface area contributed by atoms with Crippen LogP contribution >= 0.6 is 11.6 Å². The fourth-order valence-electron chi connectivity index (χ4n) is 5.97. The van der Waals surface area contributed by atoms with Crippen LogP contribution in [0, 0.1) is 5.92 Å². The van der Waals surface area contributed by atoms with Crippen LogP contribution in [0.4, 0.5) is 29.1 Å². The molecule has 2 saturated heterocycles. The van der Waals surface area contributed by atoms with Gasteiger partial charge in [0.05, 0.1) is 35.7 Å². The number of anilines is 2. The number of nitrogens with zero attached hydrogens (tertiary/aromatic N) is 5. The summed E-state index contributed by atoms with van der Waals surface area (Å²) in [7, 11) is 1.24. The Morgan fingerprint density at radius 3 is 2.58 bits per heavy atom. The summed E-state index contributed by atoms with van der Waals surface area (Å²) in [6.45, 7) is 5.07. The van der Waals surface area contributed by atoms with E-state index < -0.39 is 35.4 Å². The topological polar surface area (TPSA) is 75.5 Å². The van der Waals surface area contributed by atoms with Crippen molar-refractivity contribution in [2.75, 3.05) is 49.6 Å². The van der Waals surface area contributed by atoms with E-state index in [4.69, 9.17) is 16.3 Å². The van der Waals surface area contributed by atoms with Crippen molar-refractivity contribution in [3.63, 3.8) is 0 Å². The van der Waals surface area contributed by atoms with Gasteiger partial charge < -0.3 is 15.0 Å². The number of halogens is 5. The summed E-state index contributed by atoms with van der Waals surface area (Å²) in [5.41, 5.74) is -0.570. The number of benzene rings is 1. The van der Waals surface area contributed by atoms with Crippen molar-refractivity contribution in [1.29, 1.82) is 0 Å². The van der Waals surface area contributed by atoms with Crippen LogP contribution in [0.2, 0.25) is 5.02 Å². The Labute approximate surface area is 233 Å². The number of fused-ring (bicyclic) bond motifs is 1. The molecule has 40 heavy (non-hydrogen) atoms. The smallest absolute Gasteiger partial charge is 0.376 e. The lowest BCUT2D eigenvalue weighted by Gasteiger charge is -2.44. The number of hydrogen-bond acceptors (Lipinski definition) is 6. The number of nitrogens with one attached hydrogen (secondary N) is 1. The number of piperazine rings is 1. The third-order valence-corrected chi connectivity index (χ3v) is 8.78. The third kappa shape index (κ3) is 4.79. The molecule has 3 aromatic rings. The number of carbonyl (C=O) groups excluding carboxylic acids is 1. The Hall–Kier alpha value is -2.96. The first-order chi connectivity index (χ1) is 19.0. The lowest BCUT2D eigenvalue weighted by Crippen LogP contribution is -2.59. The van der Waals surface area contributed by atoms with E-state index in [1.54, 1.807) is 12.3 Å². The average molecular weight is 581 g/mol. The van der Waals surface area contributed by atoms with Gasteiger partial charge in [-0.15, -0.1) is 0 Å². The van der Waals surface area contributed by atoms with Gasteiger partial charge in [-0.25, -0.2) is 9.37 Å². The molecular formula is C27H29ClF4N6O2. The van der Waals surface area contributed by atoms with Crippen molar-refractivity contribution in [1.82, 2.24) is 19.7 Å². The zero-order chi connectivity index (χ0) is 28.4. The predicted octanol–water partition coefficient (Wildman–Crippen LogP) is 4.63. The Kier molecular flexibility index (Phi) is 6.70. The molecule has 4 atom stereocenters. The van der Waals surface area contributed by atoms with Crippen molar-refractivity contribution in [3.8, 4) is 0 Å². The lowest BCUT2D eigenvalue weighted by molar-refractivity contribution is -0.144. The summed E-state index contributed by atoms with van der Waals surface area (Å²) < 4.78 is 61.1. The molecule has 0 unspecified atom stereocenters. The summed E-state index contributed by atoms with van der Waals surface area (Å²) in [4.78, 5) is 21.5. The van der Waals surface area contributed by atoms with Gasteiger partial charge in [0, 0.05) is 56.3 Å². The molecule has 6 rings (SSSR count). The highest BCUT2D eigenvalue weighted by atomic mass is 35.5. The largest absolute Gasteiger partial charge is 0.433 e. The minimum absolute atomic E-state index is 0.0393. The average Bonchev–Trinajstić information content (AvgIpc) is 3.50. The van der Waals surface area contributed by atoms with Gasteiger partial charge in [0.1, 0.15) is 17.7 Å². The molecule has 1 amide bonds. The summed E-state index contributed by atoms with van der Waals surface area (Å²) in [6, 6.07) is 5.49. The molecule has 0 bridgehead atoms. The molecule has 1 N–H and O–H groups in total. The van der Waals surface area contributed by atoms with Gasteiger partial charge >= 0.3 is 6.18 Å². The van der Waals surface area contributed by atoms with Crippen LogP contribution < -0.4 is 10.2 Å². The van der Waals surface area contributed by atoms with Crippen molar-refractivity contribution >= 4 is 39.8 Å². The number of pyridine rings is 1. The number of alkyl halides is 4. The minimum Gasteiger partial charge on any atom is -0.376 e. The molecule has 0 radical (unpaired) electrons. The quantitative estimate of drug-likeness (QED) is 0.444. The van der Waals surface area contributed by atoms with Gasteiger partial charge in [-0.2, -0.15) is 18.3 Å². The van der Waals surface area contributed by atoms with Crippen LogP contribution in [0.5, 0.6) is 0 Å². The van der Waals surface area contributed by atoms with E-state index in [1.165, 1.54) is 13.2 Å². The number of carbonyl (C=O) groups is 1. The second-order valence-corrected chi connectivity index (χ2v) is 11.4. The summed E-state index contributed by atoms with van der Waals surface area (Å²) >= 11 is 6.63.